The third-order valence-corrected chi connectivity index (χ3v) is 5.13. The Kier molecular flexibility index (Phi) is 4.10. The number of hydrogen-bond acceptors (Lipinski definition) is 4. The van der Waals surface area contributed by atoms with E-state index in [4.69, 9.17) is 16.3 Å². The van der Waals surface area contributed by atoms with Gasteiger partial charge in [0.15, 0.2) is 0 Å². The summed E-state index contributed by atoms with van der Waals surface area (Å²) in [7, 11) is 1.40. The first-order valence-corrected chi connectivity index (χ1v) is 8.34. The van der Waals surface area contributed by atoms with E-state index < -0.39 is 0 Å². The largest absolute Gasteiger partial charge is 0.465 e. The van der Waals surface area contributed by atoms with Crippen LogP contribution in [-0.2, 0) is 4.74 Å². The number of hydrogen-bond donors (Lipinski definition) is 0. The molecule has 2 heterocycles. The van der Waals surface area contributed by atoms with Crippen LogP contribution in [0.2, 0.25) is 4.34 Å². The minimum Gasteiger partial charge on any atom is -0.465 e. The Morgan fingerprint density at radius 3 is 2.52 bits per heavy atom. The van der Waals surface area contributed by atoms with Crippen molar-refractivity contribution in [2.24, 2.45) is 0 Å². The standard InChI is InChI=1S/C16H11ClO2S2/c1-19-16(18)11-5-3-2-4-10(11)12-8-20-9-13(12)14-6-7-15(17)21-14/h2-9H,1H3. The van der Waals surface area contributed by atoms with E-state index in [0.717, 1.165) is 25.9 Å². The summed E-state index contributed by atoms with van der Waals surface area (Å²) in [5, 5.41) is 4.12. The maximum Gasteiger partial charge on any atom is 0.338 e. The molecule has 0 aliphatic heterocycles. The van der Waals surface area contributed by atoms with Crippen molar-refractivity contribution in [3.05, 3.63) is 57.1 Å². The average Bonchev–Trinajstić information content (AvgIpc) is 3.14. The Morgan fingerprint density at radius 1 is 1.05 bits per heavy atom. The predicted molar refractivity (Wildman–Crippen MR) is 89.4 cm³/mol. The Morgan fingerprint density at radius 2 is 1.81 bits per heavy atom. The van der Waals surface area contributed by atoms with Crippen molar-refractivity contribution in [1.82, 2.24) is 0 Å². The van der Waals surface area contributed by atoms with Crippen molar-refractivity contribution in [2.75, 3.05) is 7.11 Å². The zero-order valence-corrected chi connectivity index (χ0v) is 13.5. The molecular weight excluding hydrogens is 324 g/mol. The van der Waals surface area contributed by atoms with E-state index in [-0.39, 0.29) is 5.97 Å². The van der Waals surface area contributed by atoms with Crippen LogP contribution in [0.1, 0.15) is 10.4 Å². The lowest BCUT2D eigenvalue weighted by Crippen LogP contribution is -2.03. The highest BCUT2D eigenvalue weighted by molar-refractivity contribution is 7.19. The summed E-state index contributed by atoms with van der Waals surface area (Å²) in [5.41, 5.74) is 3.57. The molecule has 5 heteroatoms. The summed E-state index contributed by atoms with van der Waals surface area (Å²) in [5.74, 6) is -0.327. The molecule has 3 aromatic rings. The molecule has 0 radical (unpaired) electrons. The number of rotatable bonds is 3. The lowest BCUT2D eigenvalue weighted by Gasteiger charge is -2.08. The molecule has 0 bridgehead atoms. The van der Waals surface area contributed by atoms with Gasteiger partial charge in [0, 0.05) is 16.0 Å². The second kappa shape index (κ2) is 6.02. The van der Waals surface area contributed by atoms with Gasteiger partial charge in [-0.15, -0.1) is 11.3 Å². The number of halogens is 1. The van der Waals surface area contributed by atoms with Crippen LogP contribution in [0.3, 0.4) is 0 Å². The van der Waals surface area contributed by atoms with Gasteiger partial charge in [0.05, 0.1) is 17.0 Å². The van der Waals surface area contributed by atoms with Crippen molar-refractivity contribution >= 4 is 40.2 Å². The van der Waals surface area contributed by atoms with Crippen LogP contribution >= 0.6 is 34.3 Å². The fraction of sp³-hybridized carbons (Fsp3) is 0.0625. The van der Waals surface area contributed by atoms with Gasteiger partial charge in [-0.05, 0) is 34.5 Å². The van der Waals surface area contributed by atoms with Crippen LogP contribution in [0, 0.1) is 0 Å². The molecule has 0 unspecified atom stereocenters. The minimum atomic E-state index is -0.327. The number of carbonyl (C=O) groups excluding carboxylic acids is 1. The van der Waals surface area contributed by atoms with Crippen LogP contribution in [0.4, 0.5) is 0 Å². The highest BCUT2D eigenvalue weighted by atomic mass is 35.5. The first-order valence-electron chi connectivity index (χ1n) is 6.20. The average molecular weight is 335 g/mol. The lowest BCUT2D eigenvalue weighted by molar-refractivity contribution is 0.0601. The van der Waals surface area contributed by atoms with Crippen molar-refractivity contribution in [1.29, 1.82) is 0 Å². The normalized spacial score (nSPS) is 10.6. The number of benzene rings is 1. The van der Waals surface area contributed by atoms with Gasteiger partial charge in [0.2, 0.25) is 0 Å². The Labute approximate surface area is 135 Å². The lowest BCUT2D eigenvalue weighted by atomic mass is 9.98. The summed E-state index contributed by atoms with van der Waals surface area (Å²) in [6.45, 7) is 0. The first-order chi connectivity index (χ1) is 10.2. The molecule has 0 fully saturated rings. The van der Waals surface area contributed by atoms with Crippen LogP contribution in [0.15, 0.2) is 47.2 Å². The third-order valence-electron chi connectivity index (χ3n) is 3.12. The van der Waals surface area contributed by atoms with E-state index in [1.165, 1.54) is 18.4 Å². The predicted octanol–water partition coefficient (Wildman–Crippen LogP) is 5.58. The van der Waals surface area contributed by atoms with Crippen molar-refractivity contribution in [2.45, 2.75) is 0 Å². The van der Waals surface area contributed by atoms with Gasteiger partial charge in [-0.3, -0.25) is 0 Å². The Hall–Kier alpha value is -1.62. The highest BCUT2D eigenvalue weighted by Gasteiger charge is 2.17. The molecule has 2 aromatic heterocycles. The van der Waals surface area contributed by atoms with Gasteiger partial charge in [-0.25, -0.2) is 4.79 Å². The van der Waals surface area contributed by atoms with Gasteiger partial charge in [-0.1, -0.05) is 29.8 Å². The van der Waals surface area contributed by atoms with Gasteiger partial charge in [0.25, 0.3) is 0 Å². The second-order valence-electron chi connectivity index (χ2n) is 4.34. The van der Waals surface area contributed by atoms with Gasteiger partial charge in [-0.2, -0.15) is 11.3 Å². The molecule has 0 saturated carbocycles. The minimum absolute atomic E-state index is 0.327. The molecule has 0 spiro atoms. The molecule has 3 rings (SSSR count). The molecule has 0 N–H and O–H groups in total. The van der Waals surface area contributed by atoms with Gasteiger partial charge in [0.1, 0.15) is 0 Å². The number of carbonyl (C=O) groups is 1. The molecular formula is C16H11ClO2S2. The van der Waals surface area contributed by atoms with Gasteiger partial charge < -0.3 is 4.74 Å². The fourth-order valence-corrected chi connectivity index (χ4v) is 4.16. The Balaban J connectivity index is 2.15. The SMILES string of the molecule is COC(=O)c1ccccc1-c1cscc1-c1ccc(Cl)s1. The smallest absolute Gasteiger partial charge is 0.338 e. The molecule has 106 valence electrons. The molecule has 0 amide bonds. The van der Waals surface area contributed by atoms with Gasteiger partial charge >= 0.3 is 5.97 Å². The number of ether oxygens (including phenoxy) is 1. The molecule has 0 saturated heterocycles. The quantitative estimate of drug-likeness (QED) is 0.584. The molecule has 2 nitrogen and oxygen atoms in total. The summed E-state index contributed by atoms with van der Waals surface area (Å²) in [6.07, 6.45) is 0. The van der Waals surface area contributed by atoms with E-state index in [0.29, 0.717) is 5.56 Å². The summed E-state index contributed by atoms with van der Waals surface area (Å²) in [4.78, 5) is 13.0. The van der Waals surface area contributed by atoms with Crippen molar-refractivity contribution < 1.29 is 9.53 Å². The first kappa shape index (κ1) is 14.3. The van der Waals surface area contributed by atoms with Crippen molar-refractivity contribution in [3.63, 3.8) is 0 Å². The third kappa shape index (κ3) is 2.75. The zero-order chi connectivity index (χ0) is 14.8. The molecule has 21 heavy (non-hydrogen) atoms. The molecule has 1 aromatic carbocycles. The van der Waals surface area contributed by atoms with E-state index in [1.54, 1.807) is 17.4 Å². The highest BCUT2D eigenvalue weighted by Crippen LogP contribution is 2.40. The van der Waals surface area contributed by atoms with E-state index in [1.807, 2.05) is 35.7 Å². The summed E-state index contributed by atoms with van der Waals surface area (Å²) in [6, 6.07) is 11.4. The fourth-order valence-electron chi connectivity index (χ4n) is 2.16. The van der Waals surface area contributed by atoms with E-state index >= 15 is 0 Å². The number of methoxy groups -OCH3 is 1. The zero-order valence-electron chi connectivity index (χ0n) is 11.1. The monoisotopic (exact) mass is 334 g/mol. The summed E-state index contributed by atoms with van der Waals surface area (Å²) < 4.78 is 5.62. The van der Waals surface area contributed by atoms with Crippen LogP contribution in [-0.4, -0.2) is 13.1 Å². The van der Waals surface area contributed by atoms with E-state index in [9.17, 15) is 4.79 Å². The van der Waals surface area contributed by atoms with Crippen LogP contribution in [0.25, 0.3) is 21.6 Å². The molecule has 0 atom stereocenters. The van der Waals surface area contributed by atoms with Crippen molar-refractivity contribution in [3.8, 4) is 21.6 Å². The van der Waals surface area contributed by atoms with E-state index in [2.05, 4.69) is 5.38 Å². The molecule has 0 aliphatic carbocycles. The van der Waals surface area contributed by atoms with Crippen LogP contribution < -0.4 is 0 Å². The maximum absolute atomic E-state index is 11.9. The summed E-state index contributed by atoms with van der Waals surface area (Å²) >= 11 is 9.16. The second-order valence-corrected chi connectivity index (χ2v) is 6.80. The number of thiophene rings is 2. The Bertz CT molecular complexity index is 789. The maximum atomic E-state index is 11.9. The topological polar surface area (TPSA) is 26.3 Å². The van der Waals surface area contributed by atoms with Crippen LogP contribution in [0.5, 0.6) is 0 Å². The number of esters is 1. The molecule has 0 aliphatic rings.